The number of aryl methyl sites for hydroxylation is 1. The molecule has 0 aliphatic carbocycles. The molecule has 1 atom stereocenters. The average Bonchev–Trinajstić information content (AvgIpc) is 2.26. The Balaban J connectivity index is 2.44. The lowest BCUT2D eigenvalue weighted by Crippen LogP contribution is -2.13. The first-order valence-electron chi connectivity index (χ1n) is 5.45. The van der Waals surface area contributed by atoms with Crippen molar-refractivity contribution in [2.24, 2.45) is 5.73 Å². The standard InChI is InChI=1S/C14H12ClF2N/c1-8-2-3-12(13(15)4-8)14(18)9-5-10(16)7-11(17)6-9/h2-7,14H,18H2,1H3. The second-order valence-corrected chi connectivity index (χ2v) is 4.61. The highest BCUT2D eigenvalue weighted by molar-refractivity contribution is 6.31. The molecule has 0 amide bonds. The highest BCUT2D eigenvalue weighted by Crippen LogP contribution is 2.28. The van der Waals surface area contributed by atoms with Gasteiger partial charge in [-0.3, -0.25) is 0 Å². The van der Waals surface area contributed by atoms with Crippen LogP contribution in [0.2, 0.25) is 5.02 Å². The molecule has 0 spiro atoms. The van der Waals surface area contributed by atoms with Crippen molar-refractivity contribution in [2.45, 2.75) is 13.0 Å². The minimum absolute atomic E-state index is 0.359. The van der Waals surface area contributed by atoms with E-state index in [0.29, 0.717) is 16.1 Å². The van der Waals surface area contributed by atoms with Crippen LogP contribution in [0.25, 0.3) is 0 Å². The summed E-state index contributed by atoms with van der Waals surface area (Å²) in [6.45, 7) is 1.91. The molecule has 2 aromatic rings. The maximum atomic E-state index is 13.1. The van der Waals surface area contributed by atoms with E-state index < -0.39 is 17.7 Å². The van der Waals surface area contributed by atoms with Gasteiger partial charge in [0.15, 0.2) is 0 Å². The van der Waals surface area contributed by atoms with Crippen molar-refractivity contribution in [2.75, 3.05) is 0 Å². The number of nitrogens with two attached hydrogens (primary N) is 1. The summed E-state index contributed by atoms with van der Waals surface area (Å²) in [6.07, 6.45) is 0. The van der Waals surface area contributed by atoms with Crippen LogP contribution in [-0.2, 0) is 0 Å². The molecule has 2 rings (SSSR count). The molecule has 0 bridgehead atoms. The van der Waals surface area contributed by atoms with E-state index >= 15 is 0 Å². The third kappa shape index (κ3) is 2.68. The summed E-state index contributed by atoms with van der Waals surface area (Å²) in [5, 5.41) is 0.493. The summed E-state index contributed by atoms with van der Waals surface area (Å²) < 4.78 is 26.3. The Morgan fingerprint density at radius 2 is 1.67 bits per heavy atom. The SMILES string of the molecule is Cc1ccc(C(N)c2cc(F)cc(F)c2)c(Cl)c1. The van der Waals surface area contributed by atoms with Crippen LogP contribution in [0.1, 0.15) is 22.7 Å². The number of hydrogen-bond donors (Lipinski definition) is 1. The van der Waals surface area contributed by atoms with Crippen molar-refractivity contribution in [3.8, 4) is 0 Å². The predicted octanol–water partition coefficient (Wildman–Crippen LogP) is 3.97. The van der Waals surface area contributed by atoms with E-state index in [1.165, 1.54) is 12.1 Å². The smallest absolute Gasteiger partial charge is 0.126 e. The number of rotatable bonds is 2. The highest BCUT2D eigenvalue weighted by atomic mass is 35.5. The number of halogens is 3. The topological polar surface area (TPSA) is 26.0 Å². The summed E-state index contributed by atoms with van der Waals surface area (Å²) in [6, 6.07) is 7.98. The molecule has 0 saturated carbocycles. The lowest BCUT2D eigenvalue weighted by atomic mass is 9.98. The van der Waals surface area contributed by atoms with Gasteiger partial charge in [0.05, 0.1) is 6.04 Å². The van der Waals surface area contributed by atoms with Gasteiger partial charge in [-0.15, -0.1) is 0 Å². The minimum Gasteiger partial charge on any atom is -0.320 e. The molecule has 0 aliphatic heterocycles. The van der Waals surface area contributed by atoms with E-state index in [1.54, 1.807) is 12.1 Å². The first kappa shape index (κ1) is 13.0. The zero-order valence-corrected chi connectivity index (χ0v) is 10.5. The molecule has 2 N–H and O–H groups in total. The van der Waals surface area contributed by atoms with Crippen molar-refractivity contribution in [3.63, 3.8) is 0 Å². The monoisotopic (exact) mass is 267 g/mol. The fourth-order valence-electron chi connectivity index (χ4n) is 1.82. The van der Waals surface area contributed by atoms with Crippen LogP contribution in [0.3, 0.4) is 0 Å². The molecule has 0 fully saturated rings. The molecule has 2 aromatic carbocycles. The van der Waals surface area contributed by atoms with E-state index in [-0.39, 0.29) is 0 Å². The fourth-order valence-corrected chi connectivity index (χ4v) is 2.17. The Kier molecular flexibility index (Phi) is 3.64. The predicted molar refractivity (Wildman–Crippen MR) is 68.6 cm³/mol. The van der Waals surface area contributed by atoms with E-state index in [2.05, 4.69) is 0 Å². The third-order valence-corrected chi connectivity index (χ3v) is 3.06. The first-order valence-corrected chi connectivity index (χ1v) is 5.83. The zero-order chi connectivity index (χ0) is 13.3. The van der Waals surface area contributed by atoms with Crippen molar-refractivity contribution in [3.05, 3.63) is 69.7 Å². The van der Waals surface area contributed by atoms with Gasteiger partial charge in [-0.2, -0.15) is 0 Å². The largest absolute Gasteiger partial charge is 0.320 e. The maximum Gasteiger partial charge on any atom is 0.126 e. The Bertz CT molecular complexity index is 564. The summed E-state index contributed by atoms with van der Waals surface area (Å²) in [5.74, 6) is -1.30. The van der Waals surface area contributed by atoms with Crippen molar-refractivity contribution < 1.29 is 8.78 Å². The van der Waals surface area contributed by atoms with Crippen LogP contribution in [0.4, 0.5) is 8.78 Å². The second kappa shape index (κ2) is 5.04. The number of benzene rings is 2. The molecule has 0 heterocycles. The van der Waals surface area contributed by atoms with Crippen LogP contribution in [0.5, 0.6) is 0 Å². The van der Waals surface area contributed by atoms with Gasteiger partial charge in [-0.05, 0) is 41.8 Å². The van der Waals surface area contributed by atoms with Gasteiger partial charge in [0.25, 0.3) is 0 Å². The molecule has 1 unspecified atom stereocenters. The molecule has 0 saturated heterocycles. The van der Waals surface area contributed by atoms with E-state index in [9.17, 15) is 8.78 Å². The Morgan fingerprint density at radius 1 is 1.06 bits per heavy atom. The molecule has 1 nitrogen and oxygen atoms in total. The molecule has 0 radical (unpaired) electrons. The van der Waals surface area contributed by atoms with Crippen molar-refractivity contribution in [1.29, 1.82) is 0 Å². The average molecular weight is 268 g/mol. The van der Waals surface area contributed by atoms with Gasteiger partial charge in [-0.1, -0.05) is 23.7 Å². The summed E-state index contributed by atoms with van der Waals surface area (Å²) in [4.78, 5) is 0. The van der Waals surface area contributed by atoms with Gasteiger partial charge in [0.1, 0.15) is 11.6 Å². The molecule has 18 heavy (non-hydrogen) atoms. The van der Waals surface area contributed by atoms with Crippen LogP contribution in [-0.4, -0.2) is 0 Å². The lowest BCUT2D eigenvalue weighted by molar-refractivity contribution is 0.577. The maximum absolute atomic E-state index is 13.1. The van der Waals surface area contributed by atoms with Gasteiger partial charge < -0.3 is 5.73 Å². The minimum atomic E-state index is -0.650. The highest BCUT2D eigenvalue weighted by Gasteiger charge is 2.14. The van der Waals surface area contributed by atoms with E-state index in [1.807, 2.05) is 13.0 Å². The molecule has 4 heteroatoms. The molecule has 0 aromatic heterocycles. The second-order valence-electron chi connectivity index (χ2n) is 4.21. The lowest BCUT2D eigenvalue weighted by Gasteiger charge is -2.15. The van der Waals surface area contributed by atoms with E-state index in [0.717, 1.165) is 11.6 Å². The Hall–Kier alpha value is -1.45. The van der Waals surface area contributed by atoms with Crippen LogP contribution < -0.4 is 5.73 Å². The van der Waals surface area contributed by atoms with Crippen molar-refractivity contribution in [1.82, 2.24) is 0 Å². The molecular weight excluding hydrogens is 256 g/mol. The number of hydrogen-bond acceptors (Lipinski definition) is 1. The van der Waals surface area contributed by atoms with Gasteiger partial charge in [0, 0.05) is 11.1 Å². The Labute approximate surface area is 109 Å². The fraction of sp³-hybridized carbons (Fsp3) is 0.143. The zero-order valence-electron chi connectivity index (χ0n) is 9.75. The van der Waals surface area contributed by atoms with E-state index in [4.69, 9.17) is 17.3 Å². The molecule has 0 aliphatic rings. The summed E-state index contributed by atoms with van der Waals surface area (Å²) in [5.41, 5.74) is 7.99. The normalized spacial score (nSPS) is 12.5. The molecule has 94 valence electrons. The third-order valence-electron chi connectivity index (χ3n) is 2.74. The van der Waals surface area contributed by atoms with Crippen LogP contribution in [0.15, 0.2) is 36.4 Å². The Morgan fingerprint density at radius 3 is 2.22 bits per heavy atom. The van der Waals surface area contributed by atoms with Crippen molar-refractivity contribution >= 4 is 11.6 Å². The van der Waals surface area contributed by atoms with Crippen LogP contribution >= 0.6 is 11.6 Å². The summed E-state index contributed by atoms with van der Waals surface area (Å²) >= 11 is 6.09. The first-order chi connectivity index (χ1) is 8.47. The summed E-state index contributed by atoms with van der Waals surface area (Å²) in [7, 11) is 0. The van der Waals surface area contributed by atoms with Gasteiger partial charge in [-0.25, -0.2) is 8.78 Å². The molecular formula is C14H12ClF2N. The quantitative estimate of drug-likeness (QED) is 0.875. The van der Waals surface area contributed by atoms with Gasteiger partial charge >= 0.3 is 0 Å². The van der Waals surface area contributed by atoms with Crippen LogP contribution in [0, 0.1) is 18.6 Å². The van der Waals surface area contributed by atoms with Gasteiger partial charge in [0.2, 0.25) is 0 Å².